The molecule has 1 N–H and O–H groups in total. The minimum Gasteiger partial charge on any atom is -0.355 e. The van der Waals surface area contributed by atoms with E-state index in [9.17, 15) is 0 Å². The summed E-state index contributed by atoms with van der Waals surface area (Å²) >= 11 is 2.23. The molecule has 1 aliphatic heterocycles. The second-order valence-electron chi connectivity index (χ2n) is 15.2. The SMILES string of the molecule is C1=CC(C2=CC(c3cccc(C4=C(Nc5ccc(-c6ccccc6)cc5)C=CC(C5=CCC=C6SC7CCCCC7C65)C4)c3)CCC2)=CCC1. The Balaban J connectivity index is 1.04. The minimum atomic E-state index is 0.445. The second kappa shape index (κ2) is 14.3. The molecule has 0 bridgehead atoms. The van der Waals surface area contributed by atoms with E-state index in [-0.39, 0.29) is 0 Å². The van der Waals surface area contributed by atoms with Crippen LogP contribution in [-0.4, -0.2) is 5.25 Å². The highest BCUT2D eigenvalue weighted by atomic mass is 32.2. The molecule has 5 atom stereocenters. The molecule has 5 unspecified atom stereocenters. The number of allylic oxidation sites excluding steroid dienone is 13. The third kappa shape index (κ3) is 6.48. The highest BCUT2D eigenvalue weighted by Crippen LogP contribution is 2.58. The lowest BCUT2D eigenvalue weighted by atomic mass is 9.69. The van der Waals surface area contributed by atoms with Crippen molar-refractivity contribution in [1.82, 2.24) is 0 Å². The van der Waals surface area contributed by atoms with Gasteiger partial charge in [0.25, 0.3) is 0 Å². The fourth-order valence-electron chi connectivity index (χ4n) is 9.62. The van der Waals surface area contributed by atoms with Crippen LogP contribution in [0.4, 0.5) is 5.69 Å². The Morgan fingerprint density at radius 1 is 0.700 bits per heavy atom. The van der Waals surface area contributed by atoms with E-state index < -0.39 is 0 Å². The number of nitrogens with one attached hydrogen (secondary N) is 1. The van der Waals surface area contributed by atoms with E-state index in [1.807, 2.05) is 0 Å². The molecule has 3 aromatic rings. The lowest BCUT2D eigenvalue weighted by Gasteiger charge is -2.35. The maximum atomic E-state index is 3.90. The Morgan fingerprint density at radius 3 is 2.44 bits per heavy atom. The topological polar surface area (TPSA) is 12.0 Å². The van der Waals surface area contributed by atoms with Gasteiger partial charge in [-0.15, -0.1) is 11.8 Å². The van der Waals surface area contributed by atoms with Crippen LogP contribution in [0.15, 0.2) is 155 Å². The third-order valence-electron chi connectivity index (χ3n) is 12.1. The van der Waals surface area contributed by atoms with E-state index in [4.69, 9.17) is 0 Å². The molecule has 5 aliphatic carbocycles. The molecule has 2 heteroatoms. The summed E-state index contributed by atoms with van der Waals surface area (Å²) in [6, 6.07) is 29.3. The number of thioether (sulfide) groups is 1. The van der Waals surface area contributed by atoms with Gasteiger partial charge < -0.3 is 5.32 Å². The van der Waals surface area contributed by atoms with E-state index in [0.29, 0.717) is 17.8 Å². The van der Waals surface area contributed by atoms with Crippen molar-refractivity contribution in [2.45, 2.75) is 81.8 Å². The van der Waals surface area contributed by atoms with Crippen LogP contribution in [0.5, 0.6) is 0 Å². The van der Waals surface area contributed by atoms with Gasteiger partial charge in [-0.1, -0.05) is 128 Å². The number of hydrogen-bond acceptors (Lipinski definition) is 2. The zero-order valence-corrected chi connectivity index (χ0v) is 30.0. The Morgan fingerprint density at radius 2 is 1.56 bits per heavy atom. The van der Waals surface area contributed by atoms with E-state index >= 15 is 0 Å². The quantitative estimate of drug-likeness (QED) is 0.251. The summed E-state index contributed by atoms with van der Waals surface area (Å²) in [4.78, 5) is 1.69. The molecule has 6 aliphatic rings. The molecule has 252 valence electrons. The molecule has 2 fully saturated rings. The molecule has 3 aromatic carbocycles. The fraction of sp³-hybridized carbons (Fsp3) is 0.333. The van der Waals surface area contributed by atoms with Gasteiger partial charge in [-0.05, 0) is 126 Å². The smallest absolute Gasteiger partial charge is 0.0420 e. The first-order chi connectivity index (χ1) is 24.8. The number of rotatable bonds is 7. The fourth-order valence-corrected chi connectivity index (χ4v) is 11.4. The van der Waals surface area contributed by atoms with Gasteiger partial charge in [-0.2, -0.15) is 0 Å². The molecular weight excluding hydrogens is 623 g/mol. The van der Waals surface area contributed by atoms with Gasteiger partial charge in [0.15, 0.2) is 0 Å². The van der Waals surface area contributed by atoms with Crippen molar-refractivity contribution in [3.05, 3.63) is 166 Å². The Labute approximate surface area is 303 Å². The molecule has 50 heavy (non-hydrogen) atoms. The standard InChI is InChI=1S/C48H49NS/c1-3-12-33(13-4-1)35-24-27-41(28-25-35)49-45-29-26-40(42-21-11-23-47-48(42)43-20-7-8-22-46(43)50-47)32-44(45)39-19-10-18-38(31-39)37-17-9-16-36(30-37)34-14-5-2-6-15-34/h1,3-5,10,12-15,18-19,21,23-31,37,40,43,46,48-49H,2,6-9,11,16-17,20,22,32H2. The molecule has 0 spiro atoms. The second-order valence-corrected chi connectivity index (χ2v) is 16.5. The molecular formula is C48H49NS. The van der Waals surface area contributed by atoms with Crippen LogP contribution in [0.1, 0.15) is 87.7 Å². The summed E-state index contributed by atoms with van der Waals surface area (Å²) in [7, 11) is 0. The average Bonchev–Trinajstić information content (AvgIpc) is 3.58. The lowest BCUT2D eigenvalue weighted by molar-refractivity contribution is 0.321. The van der Waals surface area contributed by atoms with Crippen LogP contribution in [0, 0.1) is 17.8 Å². The van der Waals surface area contributed by atoms with Gasteiger partial charge in [0.2, 0.25) is 0 Å². The van der Waals surface area contributed by atoms with Crippen molar-refractivity contribution >= 4 is 23.0 Å². The summed E-state index contributed by atoms with van der Waals surface area (Å²) in [5.41, 5.74) is 13.9. The summed E-state index contributed by atoms with van der Waals surface area (Å²) in [6.07, 6.45) is 33.7. The first-order valence-electron chi connectivity index (χ1n) is 19.4. The molecule has 1 nitrogen and oxygen atoms in total. The number of fused-ring (bicyclic) bond motifs is 3. The molecule has 1 saturated heterocycles. The monoisotopic (exact) mass is 671 g/mol. The minimum absolute atomic E-state index is 0.445. The summed E-state index contributed by atoms with van der Waals surface area (Å²) in [5.74, 6) is 2.37. The largest absolute Gasteiger partial charge is 0.355 e. The van der Waals surface area contributed by atoms with E-state index in [2.05, 4.69) is 145 Å². The van der Waals surface area contributed by atoms with Gasteiger partial charge in [-0.3, -0.25) is 0 Å². The maximum absolute atomic E-state index is 3.90. The van der Waals surface area contributed by atoms with Gasteiger partial charge in [0.05, 0.1) is 0 Å². The average molecular weight is 672 g/mol. The molecule has 0 radical (unpaired) electrons. The maximum Gasteiger partial charge on any atom is 0.0420 e. The van der Waals surface area contributed by atoms with E-state index in [1.165, 1.54) is 96.9 Å². The number of benzene rings is 3. The number of hydrogen-bond donors (Lipinski definition) is 1. The summed E-state index contributed by atoms with van der Waals surface area (Å²) < 4.78 is 0. The van der Waals surface area contributed by atoms with Gasteiger partial charge in [0.1, 0.15) is 0 Å². The van der Waals surface area contributed by atoms with Crippen molar-refractivity contribution in [2.24, 2.45) is 17.8 Å². The van der Waals surface area contributed by atoms with Crippen LogP contribution in [0.2, 0.25) is 0 Å². The Kier molecular flexibility index (Phi) is 9.14. The van der Waals surface area contributed by atoms with Crippen LogP contribution < -0.4 is 5.32 Å². The van der Waals surface area contributed by atoms with Crippen molar-refractivity contribution in [3.63, 3.8) is 0 Å². The van der Waals surface area contributed by atoms with Gasteiger partial charge >= 0.3 is 0 Å². The highest BCUT2D eigenvalue weighted by Gasteiger charge is 2.45. The zero-order valence-electron chi connectivity index (χ0n) is 29.2. The Hall–Kier alpha value is -4.01. The number of anilines is 1. The molecule has 1 heterocycles. The molecule has 9 rings (SSSR count). The van der Waals surface area contributed by atoms with Crippen LogP contribution >= 0.6 is 11.8 Å². The molecule has 0 aromatic heterocycles. The van der Waals surface area contributed by atoms with Gasteiger partial charge in [0, 0.05) is 34.4 Å². The first kappa shape index (κ1) is 31.9. The van der Waals surface area contributed by atoms with Gasteiger partial charge in [-0.25, -0.2) is 0 Å². The molecule has 0 amide bonds. The van der Waals surface area contributed by atoms with Crippen LogP contribution in [0.3, 0.4) is 0 Å². The van der Waals surface area contributed by atoms with Crippen molar-refractivity contribution in [3.8, 4) is 11.1 Å². The van der Waals surface area contributed by atoms with Crippen molar-refractivity contribution < 1.29 is 0 Å². The third-order valence-corrected chi connectivity index (χ3v) is 13.7. The van der Waals surface area contributed by atoms with Crippen LogP contribution in [0.25, 0.3) is 16.7 Å². The summed E-state index contributed by atoms with van der Waals surface area (Å²) in [6.45, 7) is 0. The first-order valence-corrected chi connectivity index (χ1v) is 20.2. The summed E-state index contributed by atoms with van der Waals surface area (Å²) in [5, 5.41) is 4.73. The normalized spacial score (nSPS) is 27.5. The van der Waals surface area contributed by atoms with Crippen LogP contribution in [-0.2, 0) is 0 Å². The predicted octanol–water partition coefficient (Wildman–Crippen LogP) is 13.4. The van der Waals surface area contributed by atoms with E-state index in [1.54, 1.807) is 16.1 Å². The van der Waals surface area contributed by atoms with E-state index in [0.717, 1.165) is 29.7 Å². The predicted molar refractivity (Wildman–Crippen MR) is 215 cm³/mol. The van der Waals surface area contributed by atoms with Crippen molar-refractivity contribution in [2.75, 3.05) is 5.32 Å². The lowest BCUT2D eigenvalue weighted by Crippen LogP contribution is -2.27. The Bertz CT molecular complexity index is 1950. The zero-order chi connectivity index (χ0) is 33.3. The molecule has 1 saturated carbocycles. The van der Waals surface area contributed by atoms with Crippen molar-refractivity contribution in [1.29, 1.82) is 0 Å². The highest BCUT2D eigenvalue weighted by molar-refractivity contribution is 8.04.